The Morgan fingerprint density at radius 3 is 2.74 bits per heavy atom. The number of nitrogens with zero attached hydrogens (tertiary/aromatic N) is 3. The molecular weight excluding hydrogens is 469 g/mol. The number of aromatic nitrogens is 1. The molecule has 10 heteroatoms. The Morgan fingerprint density at radius 2 is 2.06 bits per heavy atom. The molecule has 0 radical (unpaired) electrons. The highest BCUT2D eigenvalue weighted by Gasteiger charge is 2.47. The van der Waals surface area contributed by atoms with E-state index in [0.717, 1.165) is 25.3 Å². The molecule has 2 aromatic rings. The summed E-state index contributed by atoms with van der Waals surface area (Å²) in [5.41, 5.74) is -0.790. The number of anilines is 1. The summed E-state index contributed by atoms with van der Waals surface area (Å²) in [6.45, 7) is 1.49. The van der Waals surface area contributed by atoms with Crippen molar-refractivity contribution in [3.63, 3.8) is 0 Å². The molecule has 4 rings (SSSR count). The van der Waals surface area contributed by atoms with Gasteiger partial charge in [-0.05, 0) is 70.5 Å². The van der Waals surface area contributed by atoms with Crippen molar-refractivity contribution >= 4 is 34.2 Å². The predicted molar refractivity (Wildman–Crippen MR) is 126 cm³/mol. The van der Waals surface area contributed by atoms with Crippen molar-refractivity contribution in [2.24, 2.45) is 5.92 Å². The van der Waals surface area contributed by atoms with Crippen LogP contribution >= 0.6 is 11.6 Å². The van der Waals surface area contributed by atoms with Crippen LogP contribution in [0.4, 0.5) is 19.0 Å². The Morgan fingerprint density at radius 1 is 1.29 bits per heavy atom. The van der Waals surface area contributed by atoms with Gasteiger partial charge < -0.3 is 20.2 Å². The van der Waals surface area contributed by atoms with Gasteiger partial charge in [-0.15, -0.1) is 0 Å². The second-order valence-corrected chi connectivity index (χ2v) is 10.2. The van der Waals surface area contributed by atoms with Gasteiger partial charge in [0.1, 0.15) is 5.82 Å². The number of carbonyl (C=O) groups is 1. The number of likely N-dealkylation sites (N-methyl/N-ethyl adjacent to an activating group) is 1. The molecular formula is C24H30ClF3N4O2. The normalized spacial score (nSPS) is 25.8. The zero-order valence-electron chi connectivity index (χ0n) is 19.3. The van der Waals surface area contributed by atoms with Gasteiger partial charge in [-0.25, -0.2) is 4.98 Å². The number of amides is 1. The molecule has 2 unspecified atom stereocenters. The largest absolute Gasteiger partial charge is 0.391 e. The average molecular weight is 499 g/mol. The molecule has 6 nitrogen and oxygen atoms in total. The van der Waals surface area contributed by atoms with Crippen LogP contribution < -0.4 is 10.2 Å². The second-order valence-electron chi connectivity index (χ2n) is 9.75. The number of rotatable bonds is 5. The Kier molecular flexibility index (Phi) is 6.99. The van der Waals surface area contributed by atoms with Crippen LogP contribution in [0.1, 0.15) is 42.5 Å². The number of nitrogens with one attached hydrogen (secondary N) is 1. The molecule has 1 saturated heterocycles. The fourth-order valence-electron chi connectivity index (χ4n) is 5.06. The highest BCUT2D eigenvalue weighted by atomic mass is 35.5. The number of hydrogen-bond donors (Lipinski definition) is 2. The zero-order chi connectivity index (χ0) is 24.7. The first-order valence-electron chi connectivity index (χ1n) is 11.5. The van der Waals surface area contributed by atoms with E-state index in [-0.39, 0.29) is 36.4 Å². The minimum Gasteiger partial charge on any atom is -0.388 e. The maximum absolute atomic E-state index is 13.2. The van der Waals surface area contributed by atoms with Crippen LogP contribution in [0, 0.1) is 5.92 Å². The zero-order valence-corrected chi connectivity index (χ0v) is 20.1. The lowest BCUT2D eigenvalue weighted by molar-refractivity contribution is -0.199. The van der Waals surface area contributed by atoms with E-state index in [1.807, 2.05) is 6.07 Å². The van der Waals surface area contributed by atoms with E-state index in [0.29, 0.717) is 16.9 Å². The van der Waals surface area contributed by atoms with E-state index in [1.54, 1.807) is 18.2 Å². The van der Waals surface area contributed by atoms with Crippen LogP contribution in [0.25, 0.3) is 10.9 Å². The number of halogens is 4. The van der Waals surface area contributed by atoms with Gasteiger partial charge in [0.25, 0.3) is 5.91 Å². The molecule has 0 bridgehead atoms. The smallest absolute Gasteiger partial charge is 0.388 e. The van der Waals surface area contributed by atoms with Crippen molar-refractivity contribution in [2.45, 2.75) is 49.9 Å². The fourth-order valence-corrected chi connectivity index (χ4v) is 5.31. The number of fused-ring (bicyclic) bond motifs is 1. The highest BCUT2D eigenvalue weighted by molar-refractivity contribution is 6.35. The van der Waals surface area contributed by atoms with Gasteiger partial charge >= 0.3 is 6.18 Å². The summed E-state index contributed by atoms with van der Waals surface area (Å²) < 4.78 is 39.5. The first-order chi connectivity index (χ1) is 16.0. The van der Waals surface area contributed by atoms with E-state index < -0.39 is 30.0 Å². The van der Waals surface area contributed by atoms with Crippen LogP contribution in [0.5, 0.6) is 0 Å². The van der Waals surface area contributed by atoms with Gasteiger partial charge in [-0.2, -0.15) is 13.2 Å². The third-order valence-corrected chi connectivity index (χ3v) is 7.43. The molecule has 1 saturated carbocycles. The van der Waals surface area contributed by atoms with Crippen molar-refractivity contribution in [1.82, 2.24) is 15.2 Å². The highest BCUT2D eigenvalue weighted by Crippen LogP contribution is 2.41. The maximum Gasteiger partial charge on any atom is 0.391 e. The summed E-state index contributed by atoms with van der Waals surface area (Å²) in [5, 5.41) is 14.1. The first-order valence-corrected chi connectivity index (χ1v) is 11.9. The third-order valence-electron chi connectivity index (χ3n) is 7.11. The molecule has 3 atom stereocenters. The predicted octanol–water partition coefficient (Wildman–Crippen LogP) is 4.24. The summed E-state index contributed by atoms with van der Waals surface area (Å²) in [6, 6.07) is 7.45. The lowest BCUT2D eigenvalue weighted by Gasteiger charge is -2.37. The minimum absolute atomic E-state index is 0.00474. The molecule has 1 aliphatic heterocycles. The van der Waals surface area contributed by atoms with E-state index in [2.05, 4.69) is 29.2 Å². The maximum atomic E-state index is 13.2. The standard InChI is InChI=1S/C24H30ClF3N4O2/c1-31(2)16-9-11-32(13-16)20-8-5-17-19(30-20)7-6-18(25)21(17)22(33)29-14-23(34)10-3-4-15(12-23)24(26,27)28/h5-8,15-16,34H,3-4,9-14H2,1-2H3,(H,29,33)/t15?,16-,23?/m1/s1. The van der Waals surface area contributed by atoms with Crippen LogP contribution in [-0.2, 0) is 0 Å². The molecule has 186 valence electrons. The molecule has 1 aliphatic carbocycles. The van der Waals surface area contributed by atoms with E-state index >= 15 is 0 Å². The van der Waals surface area contributed by atoms with Crippen molar-refractivity contribution < 1.29 is 23.1 Å². The number of carbonyl (C=O) groups excluding carboxylic acids is 1. The number of aliphatic hydroxyl groups is 1. The quantitative estimate of drug-likeness (QED) is 0.645. The number of benzene rings is 1. The van der Waals surface area contributed by atoms with Gasteiger partial charge in [-0.3, -0.25) is 4.79 Å². The van der Waals surface area contributed by atoms with Crippen molar-refractivity contribution in [1.29, 1.82) is 0 Å². The van der Waals surface area contributed by atoms with Gasteiger partial charge in [0.05, 0.1) is 27.6 Å². The van der Waals surface area contributed by atoms with Crippen LogP contribution in [-0.4, -0.2) is 72.4 Å². The molecule has 2 heterocycles. The molecule has 0 spiro atoms. The molecule has 2 fully saturated rings. The van der Waals surface area contributed by atoms with Gasteiger partial charge in [-0.1, -0.05) is 11.6 Å². The Hall–Kier alpha value is -2.10. The van der Waals surface area contributed by atoms with Crippen molar-refractivity contribution in [3.05, 3.63) is 34.9 Å². The van der Waals surface area contributed by atoms with E-state index in [4.69, 9.17) is 16.6 Å². The summed E-state index contributed by atoms with van der Waals surface area (Å²) in [5.74, 6) is -1.29. The summed E-state index contributed by atoms with van der Waals surface area (Å²) in [4.78, 5) is 22.2. The molecule has 2 aliphatic rings. The molecule has 34 heavy (non-hydrogen) atoms. The second kappa shape index (κ2) is 9.51. The van der Waals surface area contributed by atoms with Crippen LogP contribution in [0.15, 0.2) is 24.3 Å². The SMILES string of the molecule is CN(C)[C@@H]1CCN(c2ccc3c(C(=O)NCC4(O)CCCC(C(F)(F)F)C4)c(Cl)ccc3n2)C1. The molecule has 1 aromatic carbocycles. The van der Waals surface area contributed by atoms with Gasteiger partial charge in [0.2, 0.25) is 0 Å². The minimum atomic E-state index is -4.36. The number of hydrogen-bond acceptors (Lipinski definition) is 5. The van der Waals surface area contributed by atoms with Gasteiger partial charge in [0, 0.05) is 31.1 Å². The fraction of sp³-hybridized carbons (Fsp3) is 0.583. The van der Waals surface area contributed by atoms with Crippen molar-refractivity contribution in [3.8, 4) is 0 Å². The van der Waals surface area contributed by atoms with Gasteiger partial charge in [0.15, 0.2) is 0 Å². The Balaban J connectivity index is 1.51. The molecule has 1 amide bonds. The average Bonchev–Trinajstić information content (AvgIpc) is 3.27. The lowest BCUT2D eigenvalue weighted by Crippen LogP contribution is -2.48. The third kappa shape index (κ3) is 5.26. The molecule has 2 N–H and O–H groups in total. The summed E-state index contributed by atoms with van der Waals surface area (Å²) >= 11 is 6.34. The topological polar surface area (TPSA) is 68.7 Å². The monoisotopic (exact) mass is 498 g/mol. The Bertz CT molecular complexity index is 1060. The van der Waals surface area contributed by atoms with Crippen LogP contribution in [0.2, 0.25) is 5.02 Å². The lowest BCUT2D eigenvalue weighted by atomic mass is 9.77. The van der Waals surface area contributed by atoms with E-state index in [9.17, 15) is 23.1 Å². The van der Waals surface area contributed by atoms with Crippen molar-refractivity contribution in [2.75, 3.05) is 38.6 Å². The first kappa shape index (κ1) is 25.0. The van der Waals surface area contributed by atoms with E-state index in [1.165, 1.54) is 0 Å². The Labute approximate surface area is 202 Å². The summed E-state index contributed by atoms with van der Waals surface area (Å²) in [6.07, 6.45) is -3.28. The number of alkyl halides is 3. The summed E-state index contributed by atoms with van der Waals surface area (Å²) in [7, 11) is 4.12. The molecule has 1 aromatic heterocycles. The number of pyridine rings is 1. The van der Waals surface area contributed by atoms with Crippen LogP contribution in [0.3, 0.4) is 0 Å².